The number of aromatic nitrogens is 2. The van der Waals surface area contributed by atoms with Crippen LogP contribution in [0.5, 0.6) is 5.75 Å². The SMILES string of the molecule is O=C(COc1ccc2nc3n(c(=O)c2c1)CCCCC3)NCCc1ccc(Cl)cc1Cl. The normalized spacial score (nSPS) is 13.5. The summed E-state index contributed by atoms with van der Waals surface area (Å²) in [5, 5.41) is 4.47. The van der Waals surface area contributed by atoms with Gasteiger partial charge >= 0.3 is 0 Å². The lowest BCUT2D eigenvalue weighted by molar-refractivity contribution is -0.123. The number of fused-ring (bicyclic) bond motifs is 2. The molecule has 0 saturated carbocycles. The van der Waals surface area contributed by atoms with E-state index < -0.39 is 0 Å². The van der Waals surface area contributed by atoms with Gasteiger partial charge in [0.05, 0.1) is 10.9 Å². The zero-order chi connectivity index (χ0) is 21.8. The van der Waals surface area contributed by atoms with Crippen molar-refractivity contribution in [1.29, 1.82) is 0 Å². The van der Waals surface area contributed by atoms with Crippen LogP contribution in [0.1, 0.15) is 30.7 Å². The number of ether oxygens (including phenoxy) is 1. The molecule has 3 aromatic rings. The predicted octanol–water partition coefficient (Wildman–Crippen LogP) is 4.17. The van der Waals surface area contributed by atoms with Crippen LogP contribution in [0.15, 0.2) is 41.2 Å². The maximum absolute atomic E-state index is 12.9. The molecule has 31 heavy (non-hydrogen) atoms. The molecule has 4 rings (SSSR count). The van der Waals surface area contributed by atoms with Gasteiger partial charge < -0.3 is 10.1 Å². The van der Waals surface area contributed by atoms with Crippen LogP contribution in [0.3, 0.4) is 0 Å². The average molecular weight is 460 g/mol. The van der Waals surface area contributed by atoms with Gasteiger partial charge in [0.15, 0.2) is 6.61 Å². The van der Waals surface area contributed by atoms with E-state index in [0.717, 1.165) is 37.1 Å². The molecule has 0 bridgehead atoms. The van der Waals surface area contributed by atoms with Gasteiger partial charge in [-0.05, 0) is 55.2 Å². The van der Waals surface area contributed by atoms with Crippen molar-refractivity contribution in [2.24, 2.45) is 0 Å². The second kappa shape index (κ2) is 9.71. The van der Waals surface area contributed by atoms with Gasteiger partial charge in [0, 0.05) is 29.6 Å². The first-order valence-corrected chi connectivity index (χ1v) is 11.1. The summed E-state index contributed by atoms with van der Waals surface area (Å²) in [5.41, 5.74) is 1.53. The zero-order valence-corrected chi connectivity index (χ0v) is 18.5. The molecule has 0 fully saturated rings. The van der Waals surface area contributed by atoms with E-state index in [0.29, 0.717) is 46.2 Å². The number of amides is 1. The highest BCUT2D eigenvalue weighted by molar-refractivity contribution is 6.35. The molecular formula is C23H23Cl2N3O3. The van der Waals surface area contributed by atoms with Crippen LogP contribution in [-0.4, -0.2) is 28.6 Å². The summed E-state index contributed by atoms with van der Waals surface area (Å²) in [6.07, 6.45) is 4.55. The van der Waals surface area contributed by atoms with E-state index in [1.165, 1.54) is 0 Å². The summed E-state index contributed by atoms with van der Waals surface area (Å²) in [4.78, 5) is 29.7. The molecule has 0 spiro atoms. The van der Waals surface area contributed by atoms with E-state index in [-0.39, 0.29) is 18.1 Å². The fraction of sp³-hybridized carbons (Fsp3) is 0.348. The third kappa shape index (κ3) is 5.20. The van der Waals surface area contributed by atoms with Crippen LogP contribution in [-0.2, 0) is 24.2 Å². The molecule has 0 unspecified atom stereocenters. The number of halogens is 2. The number of nitrogens with one attached hydrogen (secondary N) is 1. The van der Waals surface area contributed by atoms with E-state index in [9.17, 15) is 9.59 Å². The molecule has 1 aliphatic rings. The predicted molar refractivity (Wildman–Crippen MR) is 122 cm³/mol. The van der Waals surface area contributed by atoms with Crippen molar-refractivity contribution in [3.63, 3.8) is 0 Å². The summed E-state index contributed by atoms with van der Waals surface area (Å²) in [5.74, 6) is 1.07. The van der Waals surface area contributed by atoms with Gasteiger partial charge in [0.25, 0.3) is 11.5 Å². The van der Waals surface area contributed by atoms with Crippen LogP contribution in [0.25, 0.3) is 10.9 Å². The number of nitrogens with zero attached hydrogens (tertiary/aromatic N) is 2. The van der Waals surface area contributed by atoms with Gasteiger partial charge in [-0.25, -0.2) is 4.98 Å². The first kappa shape index (κ1) is 21.7. The molecule has 2 aromatic carbocycles. The number of rotatable bonds is 6. The van der Waals surface area contributed by atoms with Crippen LogP contribution in [0.2, 0.25) is 10.0 Å². The molecular weight excluding hydrogens is 437 g/mol. The quantitative estimate of drug-likeness (QED) is 0.600. The fourth-order valence-corrected chi connectivity index (χ4v) is 4.25. The lowest BCUT2D eigenvalue weighted by Gasteiger charge is -2.12. The van der Waals surface area contributed by atoms with Crippen molar-refractivity contribution < 1.29 is 9.53 Å². The minimum Gasteiger partial charge on any atom is -0.484 e. The van der Waals surface area contributed by atoms with E-state index in [2.05, 4.69) is 10.3 Å². The topological polar surface area (TPSA) is 73.2 Å². The molecule has 8 heteroatoms. The second-order valence-corrected chi connectivity index (χ2v) is 8.44. The Bertz CT molecular complexity index is 1180. The maximum Gasteiger partial charge on any atom is 0.261 e. The number of carbonyl (C=O) groups excluding carboxylic acids is 1. The van der Waals surface area contributed by atoms with Gasteiger partial charge in [-0.3, -0.25) is 14.2 Å². The molecule has 1 N–H and O–H groups in total. The lowest BCUT2D eigenvalue weighted by Crippen LogP contribution is -2.30. The van der Waals surface area contributed by atoms with E-state index in [4.69, 9.17) is 27.9 Å². The number of hydrogen-bond acceptors (Lipinski definition) is 4. The van der Waals surface area contributed by atoms with Gasteiger partial charge in [0.2, 0.25) is 0 Å². The Labute approximate surface area is 190 Å². The number of benzene rings is 2. The molecule has 6 nitrogen and oxygen atoms in total. The second-order valence-electron chi connectivity index (χ2n) is 7.60. The molecule has 0 atom stereocenters. The van der Waals surface area contributed by atoms with Gasteiger partial charge in [-0.1, -0.05) is 35.7 Å². The molecule has 162 valence electrons. The van der Waals surface area contributed by atoms with Crippen LogP contribution in [0.4, 0.5) is 0 Å². The first-order chi connectivity index (χ1) is 15.0. The third-order valence-corrected chi connectivity index (χ3v) is 5.98. The Kier molecular flexibility index (Phi) is 6.78. The van der Waals surface area contributed by atoms with Crippen molar-refractivity contribution in [1.82, 2.24) is 14.9 Å². The lowest BCUT2D eigenvalue weighted by atomic mass is 10.1. The number of aryl methyl sites for hydroxylation is 1. The average Bonchev–Trinajstić information content (AvgIpc) is 3.00. The third-order valence-electron chi connectivity index (χ3n) is 5.39. The standard InChI is InChI=1S/C23H23Cl2N3O3/c24-16-6-5-15(19(25)12-16)9-10-26-22(29)14-31-17-7-8-20-18(13-17)23(30)28-11-3-1-2-4-21(28)27-20/h5-8,12-13H,1-4,9-11,14H2,(H,26,29). The molecule has 0 aliphatic carbocycles. The van der Waals surface area contributed by atoms with Gasteiger partial charge in [0.1, 0.15) is 11.6 Å². The van der Waals surface area contributed by atoms with Crippen molar-refractivity contribution >= 4 is 40.0 Å². The summed E-state index contributed by atoms with van der Waals surface area (Å²) < 4.78 is 7.38. The molecule has 0 radical (unpaired) electrons. The Morgan fingerprint density at radius 2 is 2.00 bits per heavy atom. The minimum atomic E-state index is -0.248. The van der Waals surface area contributed by atoms with Crippen molar-refractivity contribution in [2.75, 3.05) is 13.2 Å². The molecule has 1 aromatic heterocycles. The van der Waals surface area contributed by atoms with Crippen molar-refractivity contribution in [3.8, 4) is 5.75 Å². The van der Waals surface area contributed by atoms with Crippen molar-refractivity contribution in [2.45, 2.75) is 38.6 Å². The zero-order valence-electron chi connectivity index (χ0n) is 17.0. The highest BCUT2D eigenvalue weighted by atomic mass is 35.5. The highest BCUT2D eigenvalue weighted by Crippen LogP contribution is 2.21. The summed E-state index contributed by atoms with van der Waals surface area (Å²) in [7, 11) is 0. The monoisotopic (exact) mass is 459 g/mol. The Morgan fingerprint density at radius 1 is 1.13 bits per heavy atom. The van der Waals surface area contributed by atoms with E-state index in [1.807, 2.05) is 6.07 Å². The fourth-order valence-electron chi connectivity index (χ4n) is 3.75. The Hall–Kier alpha value is -2.57. The maximum atomic E-state index is 12.9. The van der Waals surface area contributed by atoms with Gasteiger partial charge in [-0.2, -0.15) is 0 Å². The minimum absolute atomic E-state index is 0.0448. The molecule has 2 heterocycles. The Morgan fingerprint density at radius 3 is 2.84 bits per heavy atom. The van der Waals surface area contributed by atoms with Gasteiger partial charge in [-0.15, -0.1) is 0 Å². The van der Waals surface area contributed by atoms with E-state index >= 15 is 0 Å². The van der Waals surface area contributed by atoms with Crippen LogP contribution < -0.4 is 15.6 Å². The Balaban J connectivity index is 1.36. The molecule has 0 saturated heterocycles. The smallest absolute Gasteiger partial charge is 0.261 e. The largest absolute Gasteiger partial charge is 0.484 e. The van der Waals surface area contributed by atoms with Crippen molar-refractivity contribution in [3.05, 3.63) is 68.2 Å². The summed E-state index contributed by atoms with van der Waals surface area (Å²) in [6.45, 7) is 0.987. The highest BCUT2D eigenvalue weighted by Gasteiger charge is 2.14. The molecule has 1 aliphatic heterocycles. The number of hydrogen-bond donors (Lipinski definition) is 1. The summed E-state index contributed by atoms with van der Waals surface area (Å²) in [6, 6.07) is 10.5. The van der Waals surface area contributed by atoms with E-state index in [1.54, 1.807) is 34.9 Å². The van der Waals surface area contributed by atoms with Crippen LogP contribution in [0, 0.1) is 0 Å². The van der Waals surface area contributed by atoms with Crippen LogP contribution >= 0.6 is 23.2 Å². The summed E-state index contributed by atoms with van der Waals surface area (Å²) >= 11 is 12.0. The number of carbonyl (C=O) groups is 1. The first-order valence-electron chi connectivity index (χ1n) is 10.4. The molecule has 1 amide bonds.